The lowest BCUT2D eigenvalue weighted by molar-refractivity contribution is 0.537. The van der Waals surface area contributed by atoms with E-state index in [1.165, 1.54) is 0 Å². The van der Waals surface area contributed by atoms with Crippen LogP contribution in [0, 0.1) is 0 Å². The van der Waals surface area contributed by atoms with Crippen molar-refractivity contribution in [2.75, 3.05) is 18.6 Å². The number of hydrogen-bond acceptors (Lipinski definition) is 3. The van der Waals surface area contributed by atoms with Crippen molar-refractivity contribution in [2.45, 2.75) is 6.04 Å². The summed E-state index contributed by atoms with van der Waals surface area (Å²) in [6, 6.07) is 0.222. The fraction of sp³-hybridized carbons (Fsp3) is 1.00. The summed E-state index contributed by atoms with van der Waals surface area (Å²) in [6.07, 6.45) is 0. The van der Waals surface area contributed by atoms with Crippen LogP contribution in [0.1, 0.15) is 0 Å². The number of rotatable bonds is 1. The van der Waals surface area contributed by atoms with Gasteiger partial charge < -0.3 is 5.32 Å². The summed E-state index contributed by atoms with van der Waals surface area (Å²) < 4.78 is 20.8. The molecule has 1 fully saturated rings. The van der Waals surface area contributed by atoms with Crippen molar-refractivity contribution >= 4 is 22.2 Å². The predicted octanol–water partition coefficient (Wildman–Crippen LogP) is -0.575. The largest absolute Gasteiger partial charge is 0.315 e. The lowest BCUT2D eigenvalue weighted by Crippen LogP contribution is -2.49. The SMILES string of the molecule is CNC1CS(=O)(=O)C1.Cl. The molecule has 0 aromatic rings. The first kappa shape index (κ1) is 9.20. The standard InChI is InChI=1S/C4H9NO2S.ClH/c1-5-4-2-8(6,7)3-4;/h4-5H,2-3H2,1H3;1H. The third kappa shape index (κ3) is 2.12. The van der Waals surface area contributed by atoms with Crippen LogP contribution < -0.4 is 5.32 Å². The quantitative estimate of drug-likeness (QED) is 0.575. The third-order valence-corrected chi connectivity index (χ3v) is 3.14. The fourth-order valence-corrected chi connectivity index (χ4v) is 2.19. The zero-order valence-electron chi connectivity index (χ0n) is 5.12. The van der Waals surface area contributed by atoms with E-state index < -0.39 is 9.84 Å². The zero-order chi connectivity index (χ0) is 6.20. The maximum absolute atomic E-state index is 10.4. The minimum atomic E-state index is -2.61. The van der Waals surface area contributed by atoms with Crippen molar-refractivity contribution < 1.29 is 8.42 Å². The van der Waals surface area contributed by atoms with Gasteiger partial charge in [-0.2, -0.15) is 0 Å². The van der Waals surface area contributed by atoms with Crippen LogP contribution in [0.2, 0.25) is 0 Å². The minimum absolute atomic E-state index is 0. The van der Waals surface area contributed by atoms with E-state index in [0.717, 1.165) is 0 Å². The smallest absolute Gasteiger partial charge is 0.153 e. The van der Waals surface area contributed by atoms with Crippen molar-refractivity contribution in [1.82, 2.24) is 5.32 Å². The number of nitrogens with one attached hydrogen (secondary N) is 1. The van der Waals surface area contributed by atoms with Gasteiger partial charge in [0.05, 0.1) is 11.5 Å². The lowest BCUT2D eigenvalue weighted by atomic mass is 10.4. The molecular formula is C4H10ClNO2S. The first-order valence-corrected chi connectivity index (χ1v) is 4.34. The Hall–Kier alpha value is 0.200. The Bertz CT molecular complexity index is 165. The molecule has 5 heteroatoms. The van der Waals surface area contributed by atoms with Crippen molar-refractivity contribution in [3.8, 4) is 0 Å². The second kappa shape index (κ2) is 2.86. The van der Waals surface area contributed by atoms with Crippen LogP contribution in [0.3, 0.4) is 0 Å². The molecule has 0 amide bonds. The molecule has 0 aliphatic carbocycles. The third-order valence-electron chi connectivity index (χ3n) is 1.32. The van der Waals surface area contributed by atoms with E-state index in [4.69, 9.17) is 0 Å². The molecule has 1 rings (SSSR count). The van der Waals surface area contributed by atoms with Gasteiger partial charge in [-0.25, -0.2) is 8.42 Å². The average molecular weight is 172 g/mol. The molecule has 1 aliphatic heterocycles. The summed E-state index contributed by atoms with van der Waals surface area (Å²) in [4.78, 5) is 0. The van der Waals surface area contributed by atoms with Gasteiger partial charge in [-0.15, -0.1) is 12.4 Å². The highest BCUT2D eigenvalue weighted by Crippen LogP contribution is 2.08. The summed E-state index contributed by atoms with van der Waals surface area (Å²) in [5.41, 5.74) is 0. The molecular weight excluding hydrogens is 162 g/mol. The van der Waals surface area contributed by atoms with E-state index in [1.807, 2.05) is 0 Å². The van der Waals surface area contributed by atoms with Gasteiger partial charge >= 0.3 is 0 Å². The Labute approximate surface area is 61.2 Å². The van der Waals surface area contributed by atoms with Crippen molar-refractivity contribution in [1.29, 1.82) is 0 Å². The highest BCUT2D eigenvalue weighted by molar-refractivity contribution is 7.92. The highest BCUT2D eigenvalue weighted by Gasteiger charge is 2.31. The molecule has 0 spiro atoms. The van der Waals surface area contributed by atoms with Gasteiger partial charge in [0.15, 0.2) is 9.84 Å². The second-order valence-electron chi connectivity index (χ2n) is 2.06. The Morgan fingerprint density at radius 3 is 2.00 bits per heavy atom. The Kier molecular flexibility index (Phi) is 2.92. The van der Waals surface area contributed by atoms with E-state index >= 15 is 0 Å². The molecule has 0 aromatic carbocycles. The van der Waals surface area contributed by atoms with Gasteiger partial charge in [0.1, 0.15) is 0 Å². The van der Waals surface area contributed by atoms with Gasteiger partial charge in [0.2, 0.25) is 0 Å². The molecule has 1 N–H and O–H groups in total. The molecule has 0 saturated carbocycles. The molecule has 9 heavy (non-hydrogen) atoms. The predicted molar refractivity (Wildman–Crippen MR) is 38.7 cm³/mol. The summed E-state index contributed by atoms with van der Waals surface area (Å²) in [5.74, 6) is 0.646. The summed E-state index contributed by atoms with van der Waals surface area (Å²) in [6.45, 7) is 0. The molecule has 3 nitrogen and oxygen atoms in total. The van der Waals surface area contributed by atoms with Gasteiger partial charge in [0.25, 0.3) is 0 Å². The lowest BCUT2D eigenvalue weighted by Gasteiger charge is -2.24. The first-order chi connectivity index (χ1) is 3.64. The van der Waals surface area contributed by atoms with Crippen LogP contribution in [0.25, 0.3) is 0 Å². The molecule has 56 valence electrons. The maximum atomic E-state index is 10.4. The highest BCUT2D eigenvalue weighted by atomic mass is 35.5. The molecule has 0 aromatic heterocycles. The van der Waals surface area contributed by atoms with Crippen LogP contribution in [0.4, 0.5) is 0 Å². The summed E-state index contributed by atoms with van der Waals surface area (Å²) in [7, 11) is -0.828. The topological polar surface area (TPSA) is 46.2 Å². The zero-order valence-corrected chi connectivity index (χ0v) is 6.76. The minimum Gasteiger partial charge on any atom is -0.315 e. The van der Waals surface area contributed by atoms with Crippen molar-refractivity contribution in [2.24, 2.45) is 0 Å². The fourth-order valence-electron chi connectivity index (χ4n) is 0.731. The normalized spacial score (nSPS) is 24.1. The number of halogens is 1. The van der Waals surface area contributed by atoms with Crippen molar-refractivity contribution in [3.05, 3.63) is 0 Å². The van der Waals surface area contributed by atoms with Gasteiger partial charge in [-0.3, -0.25) is 0 Å². The van der Waals surface area contributed by atoms with E-state index in [9.17, 15) is 8.42 Å². The molecule has 0 unspecified atom stereocenters. The Balaban J connectivity index is 0.000000640. The van der Waals surface area contributed by atoms with Gasteiger partial charge in [0, 0.05) is 6.04 Å². The molecule has 0 radical (unpaired) electrons. The number of sulfone groups is 1. The van der Waals surface area contributed by atoms with E-state index in [1.54, 1.807) is 7.05 Å². The van der Waals surface area contributed by atoms with E-state index in [-0.39, 0.29) is 18.4 Å². The summed E-state index contributed by atoms with van der Waals surface area (Å²) in [5, 5.41) is 2.88. The summed E-state index contributed by atoms with van der Waals surface area (Å²) >= 11 is 0. The molecule has 1 heterocycles. The second-order valence-corrected chi connectivity index (χ2v) is 4.22. The molecule has 0 atom stereocenters. The van der Waals surface area contributed by atoms with Crippen LogP contribution in [-0.4, -0.2) is 33.0 Å². The maximum Gasteiger partial charge on any atom is 0.153 e. The van der Waals surface area contributed by atoms with Crippen LogP contribution in [0.15, 0.2) is 0 Å². The van der Waals surface area contributed by atoms with E-state index in [0.29, 0.717) is 11.5 Å². The van der Waals surface area contributed by atoms with Gasteiger partial charge in [-0.1, -0.05) is 0 Å². The first-order valence-electron chi connectivity index (χ1n) is 2.52. The van der Waals surface area contributed by atoms with Crippen LogP contribution in [0.5, 0.6) is 0 Å². The molecule has 1 saturated heterocycles. The monoisotopic (exact) mass is 171 g/mol. The van der Waals surface area contributed by atoms with E-state index in [2.05, 4.69) is 5.32 Å². The van der Waals surface area contributed by atoms with Crippen LogP contribution >= 0.6 is 12.4 Å². The van der Waals surface area contributed by atoms with Crippen LogP contribution in [-0.2, 0) is 9.84 Å². The van der Waals surface area contributed by atoms with Crippen molar-refractivity contribution in [3.63, 3.8) is 0 Å². The Morgan fingerprint density at radius 1 is 1.44 bits per heavy atom. The Morgan fingerprint density at radius 2 is 1.89 bits per heavy atom. The molecule has 1 aliphatic rings. The average Bonchev–Trinajstić information content (AvgIpc) is 1.60. The van der Waals surface area contributed by atoms with Gasteiger partial charge in [-0.05, 0) is 7.05 Å². The molecule has 0 bridgehead atoms. The number of hydrogen-bond donors (Lipinski definition) is 1.